The number of H-pyrrole nitrogens is 2. The van der Waals surface area contributed by atoms with E-state index >= 15 is 0 Å². The number of benzene rings is 1. The average molecular weight is 390 g/mol. The van der Waals surface area contributed by atoms with Crippen LogP contribution in [0.25, 0.3) is 22.2 Å². The number of hydrogen-bond donors (Lipinski definition) is 2. The van der Waals surface area contributed by atoms with Crippen molar-refractivity contribution in [3.63, 3.8) is 0 Å². The second-order valence-electron chi connectivity index (χ2n) is 6.86. The number of aromatic amines is 2. The maximum absolute atomic E-state index is 14.5. The van der Waals surface area contributed by atoms with Gasteiger partial charge < -0.3 is 14.9 Å². The summed E-state index contributed by atoms with van der Waals surface area (Å²) in [5, 5.41) is 0.670. The molecule has 0 aliphatic carbocycles. The molecule has 1 atom stereocenters. The first kappa shape index (κ1) is 18.7. The van der Waals surface area contributed by atoms with Crippen LogP contribution in [0.3, 0.4) is 0 Å². The highest BCUT2D eigenvalue weighted by molar-refractivity contribution is 5.97. The van der Waals surface area contributed by atoms with E-state index in [-0.39, 0.29) is 13.4 Å². The molecule has 1 unspecified atom stereocenters. The third-order valence-electron chi connectivity index (χ3n) is 5.08. The smallest absolute Gasteiger partial charge is 0.271 e. The molecule has 1 amide bonds. The highest BCUT2D eigenvalue weighted by Gasteiger charge is 2.24. The molecule has 0 aliphatic heterocycles. The number of rotatable bonds is 6. The molecular formula is C23H23FN4O. The maximum atomic E-state index is 14.5. The van der Waals surface area contributed by atoms with Gasteiger partial charge in [-0.05, 0) is 24.6 Å². The van der Waals surface area contributed by atoms with E-state index in [1.54, 1.807) is 35.5 Å². The van der Waals surface area contributed by atoms with Crippen LogP contribution in [0.15, 0.2) is 73.7 Å². The summed E-state index contributed by atoms with van der Waals surface area (Å²) in [4.78, 5) is 25.0. The molecule has 6 heteroatoms. The molecule has 2 N–H and O–H groups in total. The Labute approximate surface area is 169 Å². The van der Waals surface area contributed by atoms with Gasteiger partial charge >= 0.3 is 0 Å². The lowest BCUT2D eigenvalue weighted by Crippen LogP contribution is -2.34. The van der Waals surface area contributed by atoms with Gasteiger partial charge in [0, 0.05) is 36.9 Å². The summed E-state index contributed by atoms with van der Waals surface area (Å²) in [6, 6.07) is 13.1. The second kappa shape index (κ2) is 7.75. The van der Waals surface area contributed by atoms with E-state index < -0.39 is 5.82 Å². The maximum Gasteiger partial charge on any atom is 0.271 e. The van der Waals surface area contributed by atoms with Crippen LogP contribution in [0.1, 0.15) is 30.4 Å². The van der Waals surface area contributed by atoms with Crippen molar-refractivity contribution in [3.05, 3.63) is 90.8 Å². The van der Waals surface area contributed by atoms with E-state index in [0.29, 0.717) is 34.4 Å². The minimum absolute atomic E-state index is 0. The van der Waals surface area contributed by atoms with Crippen molar-refractivity contribution in [2.45, 2.75) is 13.0 Å². The van der Waals surface area contributed by atoms with Gasteiger partial charge in [0.05, 0.1) is 12.2 Å². The number of carbonyl (C=O) groups excluding carboxylic acids is 1. The van der Waals surface area contributed by atoms with Crippen LogP contribution in [0.4, 0.5) is 4.39 Å². The standard InChI is InChI=1S/C23H21FN4O.H2/c1-3-11-28(15(2)16-7-5-4-6-8-16)23(29)20-12-17(13-26-20)21-18-9-10-25-22(18)27-14-19(21)24;/h3-10,12-15,26H,1,11H2,2H3,(H,25,27);1H. The molecule has 0 fully saturated rings. The number of carbonyl (C=O) groups is 1. The molecule has 148 valence electrons. The number of nitrogens with zero attached hydrogens (tertiary/aromatic N) is 2. The number of nitrogens with one attached hydrogen (secondary N) is 2. The number of amides is 1. The Morgan fingerprint density at radius 2 is 2.10 bits per heavy atom. The van der Waals surface area contributed by atoms with E-state index in [1.807, 2.05) is 37.3 Å². The predicted molar refractivity (Wildman–Crippen MR) is 114 cm³/mol. The van der Waals surface area contributed by atoms with Crippen LogP contribution in [-0.4, -0.2) is 32.3 Å². The van der Waals surface area contributed by atoms with Gasteiger partial charge in [-0.1, -0.05) is 36.4 Å². The Balaban J connectivity index is 0.00000256. The fraction of sp³-hybridized carbons (Fsp3) is 0.130. The minimum Gasteiger partial charge on any atom is -0.357 e. The summed E-state index contributed by atoms with van der Waals surface area (Å²) >= 11 is 0. The van der Waals surface area contributed by atoms with Gasteiger partial charge in [-0.25, -0.2) is 9.37 Å². The van der Waals surface area contributed by atoms with Gasteiger partial charge in [-0.2, -0.15) is 0 Å². The van der Waals surface area contributed by atoms with Crippen molar-refractivity contribution in [1.29, 1.82) is 0 Å². The molecule has 0 saturated heterocycles. The minimum atomic E-state index is -0.435. The van der Waals surface area contributed by atoms with Gasteiger partial charge in [-0.15, -0.1) is 6.58 Å². The fourth-order valence-corrected chi connectivity index (χ4v) is 3.56. The molecule has 0 bridgehead atoms. The molecule has 1 aromatic carbocycles. The summed E-state index contributed by atoms with van der Waals surface area (Å²) in [6.45, 7) is 6.16. The van der Waals surface area contributed by atoms with Crippen LogP contribution in [0.2, 0.25) is 0 Å². The normalized spacial score (nSPS) is 12.1. The fourth-order valence-electron chi connectivity index (χ4n) is 3.56. The molecule has 3 aromatic heterocycles. The Hall–Kier alpha value is -3.67. The topological polar surface area (TPSA) is 64.8 Å². The van der Waals surface area contributed by atoms with E-state index in [2.05, 4.69) is 21.5 Å². The summed E-state index contributed by atoms with van der Waals surface area (Å²) in [5.74, 6) is -0.608. The first-order chi connectivity index (χ1) is 14.1. The van der Waals surface area contributed by atoms with Gasteiger partial charge in [-0.3, -0.25) is 4.79 Å². The quantitative estimate of drug-likeness (QED) is 0.437. The van der Waals surface area contributed by atoms with E-state index in [4.69, 9.17) is 0 Å². The van der Waals surface area contributed by atoms with Gasteiger partial charge in [0.25, 0.3) is 5.91 Å². The van der Waals surface area contributed by atoms with Gasteiger partial charge in [0.15, 0.2) is 0 Å². The molecule has 4 aromatic rings. The molecular weight excluding hydrogens is 367 g/mol. The van der Waals surface area contributed by atoms with Crippen LogP contribution in [-0.2, 0) is 0 Å². The number of hydrogen-bond acceptors (Lipinski definition) is 2. The first-order valence-electron chi connectivity index (χ1n) is 9.37. The largest absolute Gasteiger partial charge is 0.357 e. The van der Waals surface area contributed by atoms with Crippen molar-refractivity contribution < 1.29 is 10.6 Å². The monoisotopic (exact) mass is 390 g/mol. The molecule has 3 heterocycles. The third-order valence-corrected chi connectivity index (χ3v) is 5.08. The van der Waals surface area contributed by atoms with Crippen molar-refractivity contribution in [2.75, 3.05) is 6.54 Å². The molecule has 0 radical (unpaired) electrons. The molecule has 0 spiro atoms. The Morgan fingerprint density at radius 1 is 1.31 bits per heavy atom. The second-order valence-corrected chi connectivity index (χ2v) is 6.86. The van der Waals surface area contributed by atoms with Crippen LogP contribution < -0.4 is 0 Å². The Bertz CT molecular complexity index is 1170. The SMILES string of the molecule is C=CCN(C(=O)c1cc(-c2c(F)cnc3[nH]ccc23)c[nH]1)C(C)c1ccccc1.[HH]. The van der Waals surface area contributed by atoms with E-state index in [1.165, 1.54) is 6.20 Å². The number of pyridine rings is 1. The zero-order valence-electron chi connectivity index (χ0n) is 16.0. The highest BCUT2D eigenvalue weighted by Crippen LogP contribution is 2.31. The van der Waals surface area contributed by atoms with Crippen molar-refractivity contribution >= 4 is 16.9 Å². The summed E-state index contributed by atoms with van der Waals surface area (Å²) in [5.41, 5.74) is 3.04. The van der Waals surface area contributed by atoms with Crippen LogP contribution in [0.5, 0.6) is 0 Å². The lowest BCUT2D eigenvalue weighted by molar-refractivity contribution is 0.0709. The zero-order valence-corrected chi connectivity index (χ0v) is 16.0. The summed E-state index contributed by atoms with van der Waals surface area (Å²) < 4.78 is 14.5. The van der Waals surface area contributed by atoms with E-state index in [0.717, 1.165) is 5.56 Å². The molecule has 0 aliphatic rings. The van der Waals surface area contributed by atoms with Crippen LogP contribution >= 0.6 is 0 Å². The van der Waals surface area contributed by atoms with Crippen LogP contribution in [0, 0.1) is 5.82 Å². The molecule has 29 heavy (non-hydrogen) atoms. The first-order valence-corrected chi connectivity index (χ1v) is 9.37. The van der Waals surface area contributed by atoms with Crippen molar-refractivity contribution in [2.24, 2.45) is 0 Å². The van der Waals surface area contributed by atoms with E-state index in [9.17, 15) is 9.18 Å². The average Bonchev–Trinajstić information content (AvgIpc) is 3.41. The third kappa shape index (κ3) is 3.45. The highest BCUT2D eigenvalue weighted by atomic mass is 19.1. The van der Waals surface area contributed by atoms with Gasteiger partial charge in [0.1, 0.15) is 17.2 Å². The summed E-state index contributed by atoms with van der Waals surface area (Å²) in [7, 11) is 0. The van der Waals surface area contributed by atoms with Gasteiger partial charge in [0.2, 0.25) is 0 Å². The molecule has 4 rings (SSSR count). The zero-order chi connectivity index (χ0) is 20.4. The Kier molecular flexibility index (Phi) is 4.99. The number of fused-ring (bicyclic) bond motifs is 1. The predicted octanol–water partition coefficient (Wildman–Crippen LogP) is 5.33. The molecule has 0 saturated carbocycles. The van der Waals surface area contributed by atoms with Crippen molar-refractivity contribution in [3.8, 4) is 11.1 Å². The number of aromatic nitrogens is 3. The lowest BCUT2D eigenvalue weighted by Gasteiger charge is -2.28. The Morgan fingerprint density at radius 3 is 2.86 bits per heavy atom. The molecule has 5 nitrogen and oxygen atoms in total. The summed E-state index contributed by atoms with van der Waals surface area (Å²) in [6.07, 6.45) is 6.25. The lowest BCUT2D eigenvalue weighted by atomic mass is 10.1. The van der Waals surface area contributed by atoms with Crippen molar-refractivity contribution in [1.82, 2.24) is 19.9 Å². The number of halogens is 1.